The highest BCUT2D eigenvalue weighted by molar-refractivity contribution is 5.93. The van der Waals surface area contributed by atoms with Gasteiger partial charge in [0, 0.05) is 70.0 Å². The topological polar surface area (TPSA) is 120 Å². The van der Waals surface area contributed by atoms with Crippen molar-refractivity contribution >= 4 is 22.5 Å². The van der Waals surface area contributed by atoms with Crippen molar-refractivity contribution in [3.05, 3.63) is 51.3 Å². The summed E-state index contributed by atoms with van der Waals surface area (Å²) in [4.78, 5) is 18.8. The number of aromatic amines is 1. The molecule has 37 heavy (non-hydrogen) atoms. The lowest BCUT2D eigenvalue weighted by Crippen LogP contribution is -2.53. The predicted octanol–water partition coefficient (Wildman–Crippen LogP) is 0.464. The first kappa shape index (κ1) is 24.6. The lowest BCUT2D eigenvalue weighted by Gasteiger charge is -2.35. The van der Waals surface area contributed by atoms with Crippen molar-refractivity contribution in [3.8, 4) is 5.75 Å². The van der Waals surface area contributed by atoms with Gasteiger partial charge in [-0.1, -0.05) is 18.2 Å². The number of hydrogen-bond acceptors (Lipinski definition) is 8. The van der Waals surface area contributed by atoms with Gasteiger partial charge in [-0.25, -0.2) is 0 Å². The summed E-state index contributed by atoms with van der Waals surface area (Å²) in [6.45, 7) is 9.31. The number of benzene rings is 1. The van der Waals surface area contributed by atoms with Crippen LogP contribution >= 0.6 is 0 Å². The van der Waals surface area contributed by atoms with Crippen LogP contribution in [0.15, 0.2) is 29.1 Å². The van der Waals surface area contributed by atoms with Crippen LogP contribution in [0.25, 0.3) is 22.5 Å². The van der Waals surface area contributed by atoms with Crippen LogP contribution in [0.1, 0.15) is 16.8 Å². The number of hydrogen-bond donors (Lipinski definition) is 4. The van der Waals surface area contributed by atoms with Crippen LogP contribution in [0, 0.1) is 0 Å². The number of aromatic nitrogens is 2. The van der Waals surface area contributed by atoms with Gasteiger partial charge in [0.25, 0.3) is 0 Å². The molecule has 2 aliphatic heterocycles. The summed E-state index contributed by atoms with van der Waals surface area (Å²) in [6.07, 6.45) is 4.97. The highest BCUT2D eigenvalue weighted by Crippen LogP contribution is 2.37. The van der Waals surface area contributed by atoms with Crippen molar-refractivity contribution in [1.82, 2.24) is 24.7 Å². The summed E-state index contributed by atoms with van der Waals surface area (Å²) in [5.41, 5.74) is 9.59. The maximum atomic E-state index is 14.1. The number of phenols is 1. The van der Waals surface area contributed by atoms with Crippen LogP contribution in [-0.2, 0) is 21.4 Å². The number of morpholine rings is 2. The summed E-state index contributed by atoms with van der Waals surface area (Å²) in [5.74, 6) is -0.0204. The molecular weight excluding hydrogens is 472 g/mol. The molecule has 0 bridgehead atoms. The van der Waals surface area contributed by atoms with E-state index in [2.05, 4.69) is 26.3 Å². The van der Waals surface area contributed by atoms with E-state index in [0.29, 0.717) is 23.0 Å². The molecule has 5 N–H and O–H groups in total. The van der Waals surface area contributed by atoms with Gasteiger partial charge in [0.2, 0.25) is 0 Å². The Morgan fingerprint density at radius 2 is 1.76 bits per heavy atom. The van der Waals surface area contributed by atoms with Crippen LogP contribution in [-0.4, -0.2) is 103 Å². The minimum atomic E-state index is -0.832. The number of phenolic OH excluding ortho intramolecular Hbond substituents is 1. The fraction of sp³-hybridized carbons (Fsp3) is 0.519. The maximum absolute atomic E-state index is 14.1. The highest BCUT2D eigenvalue weighted by Gasteiger charge is 2.38. The third kappa shape index (κ3) is 4.37. The molecule has 1 aromatic carbocycles. The third-order valence-corrected chi connectivity index (χ3v) is 8.06. The predicted molar refractivity (Wildman–Crippen MR) is 143 cm³/mol. The molecule has 0 radical (unpaired) electrons. The van der Waals surface area contributed by atoms with E-state index in [1.807, 2.05) is 16.7 Å². The maximum Gasteiger partial charge on any atom is 0.199 e. The lowest BCUT2D eigenvalue weighted by molar-refractivity contribution is 0.0377. The summed E-state index contributed by atoms with van der Waals surface area (Å²) < 4.78 is 12.9. The number of pyridine rings is 1. The Balaban J connectivity index is 1.42. The minimum absolute atomic E-state index is 0.0204. The fourth-order valence-electron chi connectivity index (χ4n) is 5.96. The number of aromatic hydroxyl groups is 1. The molecule has 10 nitrogen and oxygen atoms in total. The quantitative estimate of drug-likeness (QED) is 0.347. The van der Waals surface area contributed by atoms with E-state index >= 15 is 0 Å². The molecule has 198 valence electrons. The first-order valence-electron chi connectivity index (χ1n) is 13.3. The van der Waals surface area contributed by atoms with Crippen molar-refractivity contribution in [1.29, 1.82) is 0 Å². The zero-order valence-electron chi connectivity index (χ0n) is 21.2. The summed E-state index contributed by atoms with van der Waals surface area (Å²) in [5, 5.41) is 18.3. The molecule has 0 amide bonds. The van der Waals surface area contributed by atoms with Crippen molar-refractivity contribution in [2.24, 2.45) is 5.73 Å². The van der Waals surface area contributed by atoms with Gasteiger partial charge in [-0.05, 0) is 12.1 Å². The molecule has 6 rings (SSSR count). The van der Waals surface area contributed by atoms with E-state index in [9.17, 15) is 9.90 Å². The molecule has 4 heterocycles. The zero-order valence-corrected chi connectivity index (χ0v) is 21.2. The minimum Gasteiger partial charge on any atom is -0.507 e. The van der Waals surface area contributed by atoms with Crippen molar-refractivity contribution in [3.63, 3.8) is 0 Å². The second-order valence-electron chi connectivity index (χ2n) is 10.2. The third-order valence-electron chi connectivity index (χ3n) is 8.06. The van der Waals surface area contributed by atoms with Crippen LogP contribution < -0.4 is 16.5 Å². The number of ether oxygens (including phenoxy) is 2. The molecule has 10 heteroatoms. The number of nitrogens with one attached hydrogen (secondary N) is 2. The van der Waals surface area contributed by atoms with Gasteiger partial charge in [0.15, 0.2) is 5.43 Å². The molecular formula is C27H36N6O4. The van der Waals surface area contributed by atoms with Crippen LogP contribution in [0.5, 0.6) is 5.75 Å². The fourth-order valence-corrected chi connectivity index (χ4v) is 5.96. The second-order valence-corrected chi connectivity index (χ2v) is 10.2. The molecule has 1 aliphatic carbocycles. The van der Waals surface area contributed by atoms with Crippen molar-refractivity contribution < 1.29 is 14.6 Å². The van der Waals surface area contributed by atoms with Gasteiger partial charge < -0.3 is 25.6 Å². The van der Waals surface area contributed by atoms with Gasteiger partial charge in [-0.15, -0.1) is 0 Å². The number of H-pyrrole nitrogens is 1. The normalized spacial score (nSPS) is 22.8. The average molecular weight is 509 g/mol. The smallest absolute Gasteiger partial charge is 0.199 e. The number of nitrogens with two attached hydrogens (primary N) is 1. The Morgan fingerprint density at radius 3 is 2.46 bits per heavy atom. The Morgan fingerprint density at radius 1 is 1.05 bits per heavy atom. The van der Waals surface area contributed by atoms with E-state index in [1.165, 1.54) is 0 Å². The van der Waals surface area contributed by atoms with E-state index in [4.69, 9.17) is 15.2 Å². The van der Waals surface area contributed by atoms with E-state index in [1.54, 1.807) is 12.1 Å². The number of nitrogens with zero attached hydrogens (tertiary/aromatic N) is 3. The van der Waals surface area contributed by atoms with Gasteiger partial charge in [-0.2, -0.15) is 0 Å². The number of fused-ring (bicyclic) bond motifs is 2. The van der Waals surface area contributed by atoms with Gasteiger partial charge in [0.1, 0.15) is 5.75 Å². The van der Waals surface area contributed by atoms with Gasteiger partial charge in [0.05, 0.1) is 53.9 Å². The first-order chi connectivity index (χ1) is 18.1. The van der Waals surface area contributed by atoms with Gasteiger partial charge in [-0.3, -0.25) is 24.2 Å². The highest BCUT2D eigenvalue weighted by atomic mass is 16.5. The van der Waals surface area contributed by atoms with E-state index in [0.717, 1.165) is 88.9 Å². The summed E-state index contributed by atoms with van der Waals surface area (Å²) in [7, 11) is 0. The molecule has 0 saturated carbocycles. The molecule has 2 saturated heterocycles. The van der Waals surface area contributed by atoms with Gasteiger partial charge >= 0.3 is 0 Å². The summed E-state index contributed by atoms with van der Waals surface area (Å²) >= 11 is 0. The molecule has 0 spiro atoms. The van der Waals surface area contributed by atoms with Crippen LogP contribution in [0.2, 0.25) is 0 Å². The standard InChI is InChI=1S/C27H36N6O4/c28-18-27(29-7-9-32-12-16-37-17-13-32)6-4-19-20(5-8-31-10-14-36-15-11-31)30-33-21-2-1-3-22(34)23(21)26(35)24(27)25(19)33/h1-4,6,29-30,34H,5,7-18,28H2. The average Bonchev–Trinajstić information content (AvgIpc) is 3.30. The molecule has 1 atom stereocenters. The molecule has 3 aliphatic rings. The molecule has 3 aromatic rings. The summed E-state index contributed by atoms with van der Waals surface area (Å²) in [6, 6.07) is 5.22. The second kappa shape index (κ2) is 10.2. The van der Waals surface area contributed by atoms with E-state index in [-0.39, 0.29) is 17.7 Å². The van der Waals surface area contributed by atoms with E-state index < -0.39 is 5.54 Å². The lowest BCUT2D eigenvalue weighted by atomic mass is 9.82. The number of rotatable bonds is 8. The molecule has 2 aromatic heterocycles. The van der Waals surface area contributed by atoms with Crippen molar-refractivity contribution in [2.75, 3.05) is 78.8 Å². The molecule has 1 unspecified atom stereocenters. The molecule has 2 fully saturated rings. The Bertz CT molecular complexity index is 1370. The van der Waals surface area contributed by atoms with Crippen LogP contribution in [0.4, 0.5) is 0 Å². The Hall–Kier alpha value is -2.73. The monoisotopic (exact) mass is 508 g/mol. The zero-order chi connectivity index (χ0) is 25.4. The van der Waals surface area contributed by atoms with Crippen LogP contribution in [0.3, 0.4) is 0 Å². The largest absolute Gasteiger partial charge is 0.507 e. The first-order valence-corrected chi connectivity index (χ1v) is 13.3. The Labute approximate surface area is 215 Å². The van der Waals surface area contributed by atoms with Crippen molar-refractivity contribution in [2.45, 2.75) is 12.0 Å². The SMILES string of the molecule is NCC1(NCCN2CCOCC2)C=Cc2c(CCN3CCOCC3)[nH]n3c2c1c(=O)c1c(O)cccc13. The Kier molecular flexibility index (Phi) is 6.78.